The fourth-order valence-corrected chi connectivity index (χ4v) is 7.31. The van der Waals surface area contributed by atoms with Gasteiger partial charge in [-0.1, -0.05) is 0 Å². The van der Waals surface area contributed by atoms with Crippen molar-refractivity contribution in [1.29, 1.82) is 0 Å². The summed E-state index contributed by atoms with van der Waals surface area (Å²) in [6.45, 7) is 0. The first-order chi connectivity index (χ1) is 15.4. The maximum atomic E-state index is 2.36. The van der Waals surface area contributed by atoms with Gasteiger partial charge in [0, 0.05) is 0 Å². The van der Waals surface area contributed by atoms with Gasteiger partial charge in [0.05, 0.1) is 0 Å². The summed E-state index contributed by atoms with van der Waals surface area (Å²) in [5.74, 6) is 0. The molecule has 0 nitrogen and oxygen atoms in total. The van der Waals surface area contributed by atoms with Gasteiger partial charge in [0.1, 0.15) is 0 Å². The SMILES string of the molecule is c1ccc(C(c2ccccc2)=c2ccc(=C(c3ccccc3)c3ccccc3)[te]2)cc1. The molecule has 0 saturated carbocycles. The maximum absolute atomic E-state index is 2.36. The molecule has 31 heavy (non-hydrogen) atoms. The molecule has 0 fully saturated rings. The summed E-state index contributed by atoms with van der Waals surface area (Å²) in [5.41, 5.74) is 7.91. The number of hydrogen-bond acceptors (Lipinski definition) is 0. The molecule has 4 aromatic carbocycles. The molecule has 148 valence electrons. The molecule has 1 heterocycles. The van der Waals surface area contributed by atoms with Gasteiger partial charge in [0.25, 0.3) is 0 Å². The molecular formula is C30H22Te. The monoisotopic (exact) mass is 512 g/mol. The van der Waals surface area contributed by atoms with Crippen molar-refractivity contribution < 1.29 is 0 Å². The second-order valence-electron chi connectivity index (χ2n) is 7.38. The fraction of sp³-hybridized carbons (Fsp3) is 0. The van der Waals surface area contributed by atoms with Crippen LogP contribution in [0.4, 0.5) is 0 Å². The quantitative estimate of drug-likeness (QED) is 0.291. The van der Waals surface area contributed by atoms with Gasteiger partial charge in [-0.3, -0.25) is 0 Å². The summed E-state index contributed by atoms with van der Waals surface area (Å²) >= 11 is -0.551. The zero-order valence-corrected chi connectivity index (χ0v) is 19.4. The van der Waals surface area contributed by atoms with Crippen molar-refractivity contribution in [3.8, 4) is 0 Å². The van der Waals surface area contributed by atoms with Crippen LogP contribution < -0.4 is 6.47 Å². The van der Waals surface area contributed by atoms with Crippen LogP contribution >= 0.6 is 0 Å². The van der Waals surface area contributed by atoms with Crippen molar-refractivity contribution in [2.45, 2.75) is 0 Å². The van der Waals surface area contributed by atoms with Crippen LogP contribution in [0.25, 0.3) is 11.1 Å². The second kappa shape index (κ2) is 9.36. The number of rotatable bonds is 4. The Balaban J connectivity index is 1.83. The van der Waals surface area contributed by atoms with Crippen LogP contribution in [0.5, 0.6) is 0 Å². The predicted octanol–water partition coefficient (Wildman–Crippen LogP) is 5.24. The minimum absolute atomic E-state index is 0.551. The molecule has 0 aliphatic carbocycles. The number of hydrogen-bond donors (Lipinski definition) is 0. The van der Waals surface area contributed by atoms with Crippen LogP contribution in [-0.4, -0.2) is 20.4 Å². The van der Waals surface area contributed by atoms with Gasteiger partial charge in [0.15, 0.2) is 0 Å². The van der Waals surface area contributed by atoms with E-state index >= 15 is 0 Å². The molecule has 0 unspecified atom stereocenters. The van der Waals surface area contributed by atoms with Crippen LogP contribution in [0.2, 0.25) is 0 Å². The van der Waals surface area contributed by atoms with Crippen molar-refractivity contribution >= 4 is 31.6 Å². The topological polar surface area (TPSA) is 0 Å². The summed E-state index contributed by atoms with van der Waals surface area (Å²) in [7, 11) is 0. The van der Waals surface area contributed by atoms with Gasteiger partial charge in [-0.25, -0.2) is 0 Å². The summed E-state index contributed by atoms with van der Waals surface area (Å²) in [6, 6.07) is 48.0. The Labute approximate surface area is 193 Å². The van der Waals surface area contributed by atoms with Gasteiger partial charge in [-0.15, -0.1) is 0 Å². The Kier molecular flexibility index (Phi) is 5.98. The van der Waals surface area contributed by atoms with E-state index in [1.807, 2.05) is 0 Å². The molecule has 0 saturated heterocycles. The van der Waals surface area contributed by atoms with Crippen molar-refractivity contribution in [3.63, 3.8) is 0 Å². The minimum atomic E-state index is -0.551. The zero-order valence-electron chi connectivity index (χ0n) is 17.1. The zero-order chi connectivity index (χ0) is 20.9. The third kappa shape index (κ3) is 4.35. The van der Waals surface area contributed by atoms with Crippen LogP contribution in [0.1, 0.15) is 22.3 Å². The van der Waals surface area contributed by atoms with Crippen LogP contribution in [0, 0.1) is 0 Å². The molecular weight excluding hydrogens is 488 g/mol. The van der Waals surface area contributed by atoms with Crippen LogP contribution in [0.3, 0.4) is 0 Å². The standard InChI is InChI=1S/C30H22Te/c1-5-13-23(14-6-1)29(24-15-7-2-8-16-24)27-21-22-28(31-27)30(25-17-9-3-10-18-25)26-19-11-4-12-20-26/h1-22H. The summed E-state index contributed by atoms with van der Waals surface area (Å²) < 4.78 is 2.98. The Morgan fingerprint density at radius 2 is 0.581 bits per heavy atom. The molecule has 1 heteroatoms. The summed E-state index contributed by atoms with van der Waals surface area (Å²) in [5, 5.41) is 0. The van der Waals surface area contributed by atoms with E-state index in [1.165, 1.54) is 39.9 Å². The van der Waals surface area contributed by atoms with E-state index in [2.05, 4.69) is 133 Å². The van der Waals surface area contributed by atoms with E-state index in [0.717, 1.165) is 0 Å². The molecule has 0 atom stereocenters. The van der Waals surface area contributed by atoms with Gasteiger partial charge in [-0.2, -0.15) is 0 Å². The van der Waals surface area contributed by atoms with Gasteiger partial charge in [0.2, 0.25) is 0 Å². The number of benzene rings is 4. The van der Waals surface area contributed by atoms with E-state index in [1.54, 1.807) is 0 Å². The van der Waals surface area contributed by atoms with Crippen molar-refractivity contribution in [1.82, 2.24) is 0 Å². The average Bonchev–Trinajstić information content (AvgIpc) is 3.31. The van der Waals surface area contributed by atoms with E-state index in [-0.39, 0.29) is 0 Å². The van der Waals surface area contributed by atoms with Crippen molar-refractivity contribution in [3.05, 3.63) is 162 Å². The fourth-order valence-electron chi connectivity index (χ4n) is 3.93. The molecule has 0 bridgehead atoms. The van der Waals surface area contributed by atoms with Crippen molar-refractivity contribution in [2.24, 2.45) is 0 Å². The molecule has 0 radical (unpaired) electrons. The Hall–Kier alpha value is -3.11. The van der Waals surface area contributed by atoms with Crippen LogP contribution in [-0.2, 0) is 0 Å². The summed E-state index contributed by atoms with van der Waals surface area (Å²) in [6.07, 6.45) is 0. The molecule has 5 aromatic rings. The molecule has 0 spiro atoms. The van der Waals surface area contributed by atoms with Crippen LogP contribution in [0.15, 0.2) is 133 Å². The van der Waals surface area contributed by atoms with Gasteiger partial charge >= 0.3 is 194 Å². The van der Waals surface area contributed by atoms with E-state index in [9.17, 15) is 0 Å². The molecule has 0 N–H and O–H groups in total. The first-order valence-electron chi connectivity index (χ1n) is 10.5. The van der Waals surface area contributed by atoms with E-state index in [0.29, 0.717) is 0 Å². The Morgan fingerprint density at radius 1 is 0.323 bits per heavy atom. The molecule has 0 amide bonds. The first-order valence-corrected chi connectivity index (χ1v) is 12.8. The van der Waals surface area contributed by atoms with E-state index < -0.39 is 20.4 Å². The molecule has 0 aliphatic rings. The second-order valence-corrected chi connectivity index (χ2v) is 10.5. The molecule has 1 aromatic heterocycles. The third-order valence-corrected chi connectivity index (χ3v) is 8.55. The molecule has 5 rings (SSSR count). The van der Waals surface area contributed by atoms with Gasteiger partial charge < -0.3 is 0 Å². The van der Waals surface area contributed by atoms with E-state index in [4.69, 9.17) is 0 Å². The summed E-state index contributed by atoms with van der Waals surface area (Å²) in [4.78, 5) is 0. The average molecular weight is 510 g/mol. The van der Waals surface area contributed by atoms with Gasteiger partial charge in [-0.05, 0) is 0 Å². The Morgan fingerprint density at radius 3 is 0.839 bits per heavy atom. The van der Waals surface area contributed by atoms with Crippen molar-refractivity contribution in [2.75, 3.05) is 0 Å². The Bertz CT molecular complexity index is 1190. The first kappa shape index (κ1) is 19.8. The normalized spacial score (nSPS) is 10.6. The third-order valence-electron chi connectivity index (χ3n) is 5.35. The predicted molar refractivity (Wildman–Crippen MR) is 132 cm³/mol. The molecule has 0 aliphatic heterocycles.